The Morgan fingerprint density at radius 2 is 1.94 bits per heavy atom. The van der Waals surface area contributed by atoms with Crippen molar-refractivity contribution in [2.45, 2.75) is 0 Å². The number of nitrogens with one attached hydrogen (secondary N) is 1. The van der Waals surface area contributed by atoms with Crippen LogP contribution in [0.4, 0.5) is 11.4 Å². The van der Waals surface area contributed by atoms with E-state index in [1.54, 1.807) is 6.07 Å². The minimum atomic E-state index is -4.64. The molecule has 0 aliphatic carbocycles. The number of hydrogen-bond acceptors (Lipinski definition) is 6. The molecular weight excluding hydrogens is 269 g/mol. The van der Waals surface area contributed by atoms with Gasteiger partial charge in [-0.05, 0) is 12.1 Å². The van der Waals surface area contributed by atoms with Gasteiger partial charge in [-0.2, -0.15) is 0 Å². The lowest BCUT2D eigenvalue weighted by Gasteiger charge is -2.05. The van der Waals surface area contributed by atoms with Crippen molar-refractivity contribution < 1.29 is 28.9 Å². The van der Waals surface area contributed by atoms with Crippen LogP contribution < -0.4 is 16.0 Å². The second-order valence-corrected chi connectivity index (χ2v) is 3.80. The van der Waals surface area contributed by atoms with Gasteiger partial charge in [0.15, 0.2) is 5.75 Å². The first-order valence-corrected chi connectivity index (χ1v) is 5.83. The number of phosphoric acid groups is 1. The number of nitrogen functional groups attached to an aromatic ring is 1. The second kappa shape index (κ2) is 6.89. The zero-order valence-corrected chi connectivity index (χ0v) is 10.1. The maximum Gasteiger partial charge on any atom is 0.466 e. The van der Waals surface area contributed by atoms with E-state index in [1.807, 2.05) is 0 Å². The molecule has 11 heteroatoms. The maximum absolute atomic E-state index is 10.6. The van der Waals surface area contributed by atoms with Gasteiger partial charge in [-0.25, -0.2) is 4.57 Å². The normalized spacial score (nSPS) is 10.1. The summed E-state index contributed by atoms with van der Waals surface area (Å²) >= 11 is 0. The predicted molar refractivity (Wildman–Crippen MR) is 61.7 cm³/mol. The number of hydrazine groups is 1. The Balaban J connectivity index is 0.000000494. The van der Waals surface area contributed by atoms with Gasteiger partial charge < -0.3 is 24.8 Å². The minimum absolute atomic E-state index is 0.160. The molecule has 0 aromatic heterocycles. The molecule has 0 spiro atoms. The quantitative estimate of drug-likeness (QED) is 0.221. The van der Waals surface area contributed by atoms with Gasteiger partial charge in [-0.3, -0.25) is 16.0 Å². The number of hydrogen-bond donors (Lipinski definition) is 5. The number of ether oxygens (including phenoxy) is 1. The van der Waals surface area contributed by atoms with Crippen LogP contribution in [0.2, 0.25) is 0 Å². The molecule has 10 nitrogen and oxygen atoms in total. The Bertz CT molecular complexity index is 430. The Hall–Kier alpha value is -1.71. The van der Waals surface area contributed by atoms with Gasteiger partial charge in [0.25, 0.3) is 0 Å². The Morgan fingerprint density at radius 3 is 2.28 bits per heavy atom. The first kappa shape index (κ1) is 16.3. The Labute approximate surface area is 101 Å². The summed E-state index contributed by atoms with van der Waals surface area (Å²) in [5, 5.41) is 10.6. The first-order chi connectivity index (χ1) is 8.20. The third-order valence-corrected chi connectivity index (χ3v) is 1.56. The van der Waals surface area contributed by atoms with Crippen molar-refractivity contribution in [3.05, 3.63) is 28.3 Å². The fraction of sp³-hybridized carbons (Fsp3) is 0.143. The van der Waals surface area contributed by atoms with Gasteiger partial charge in [0.2, 0.25) is 0 Å². The number of rotatable bonds is 3. The third-order valence-electron chi connectivity index (χ3n) is 1.56. The molecule has 0 fully saturated rings. The number of nitro benzene ring substituents is 1. The smallest absolute Gasteiger partial charge is 0.466 e. The van der Waals surface area contributed by atoms with Crippen molar-refractivity contribution in [2.24, 2.45) is 5.84 Å². The zero-order chi connectivity index (χ0) is 14.3. The Morgan fingerprint density at radius 1 is 1.44 bits per heavy atom. The number of nitrogens with two attached hydrogens (primary N) is 1. The fourth-order valence-electron chi connectivity index (χ4n) is 0.992. The van der Waals surface area contributed by atoms with Crippen molar-refractivity contribution in [3.63, 3.8) is 0 Å². The third kappa shape index (κ3) is 6.13. The van der Waals surface area contributed by atoms with Crippen molar-refractivity contribution in [1.82, 2.24) is 0 Å². The summed E-state index contributed by atoms with van der Waals surface area (Å²) in [6.07, 6.45) is 0. The molecule has 0 aliphatic rings. The number of nitrogens with zero attached hydrogens (tertiary/aromatic N) is 1. The highest BCUT2D eigenvalue weighted by Gasteiger charge is 2.19. The van der Waals surface area contributed by atoms with Crippen LogP contribution in [-0.4, -0.2) is 26.7 Å². The molecule has 0 aliphatic heterocycles. The SMILES string of the molecule is COc1cccc(NN)c1[N+](=O)[O-].O=P(O)(O)O. The molecule has 0 bridgehead atoms. The van der Waals surface area contributed by atoms with Crippen molar-refractivity contribution in [2.75, 3.05) is 12.5 Å². The molecule has 0 radical (unpaired) electrons. The summed E-state index contributed by atoms with van der Waals surface area (Å²) in [4.78, 5) is 31.6. The van der Waals surface area contributed by atoms with Crippen LogP contribution in [0.5, 0.6) is 5.75 Å². The van der Waals surface area contributed by atoms with Gasteiger partial charge in [0.05, 0.1) is 12.0 Å². The lowest BCUT2D eigenvalue weighted by atomic mass is 10.2. The van der Waals surface area contributed by atoms with E-state index in [-0.39, 0.29) is 17.1 Å². The number of anilines is 1. The van der Waals surface area contributed by atoms with Gasteiger partial charge in [0, 0.05) is 0 Å². The predicted octanol–water partition coefficient (Wildman–Crippen LogP) is -0.0396. The van der Waals surface area contributed by atoms with E-state index in [9.17, 15) is 10.1 Å². The van der Waals surface area contributed by atoms with Gasteiger partial charge in [-0.15, -0.1) is 0 Å². The standard InChI is InChI=1S/C7H9N3O3.H3O4P/c1-13-6-4-2-3-5(9-8)7(6)10(11)12;1-5(2,3)4/h2-4,9H,8H2,1H3;(H3,1,2,3,4). The lowest BCUT2D eigenvalue weighted by molar-refractivity contribution is -0.384. The highest BCUT2D eigenvalue weighted by Crippen LogP contribution is 2.33. The monoisotopic (exact) mass is 281 g/mol. The molecule has 0 heterocycles. The van der Waals surface area contributed by atoms with Crippen LogP contribution >= 0.6 is 7.82 Å². The highest BCUT2D eigenvalue weighted by atomic mass is 31.2. The number of benzene rings is 1. The second-order valence-electron chi connectivity index (χ2n) is 2.77. The van der Waals surface area contributed by atoms with Crippen molar-refractivity contribution in [3.8, 4) is 5.75 Å². The molecule has 0 unspecified atom stereocenters. The van der Waals surface area contributed by atoms with Crippen molar-refractivity contribution in [1.29, 1.82) is 0 Å². The van der Waals surface area contributed by atoms with E-state index in [4.69, 9.17) is 29.8 Å². The van der Waals surface area contributed by atoms with Gasteiger partial charge in [0.1, 0.15) is 5.69 Å². The molecule has 1 aromatic carbocycles. The lowest BCUT2D eigenvalue weighted by Crippen LogP contribution is -2.09. The van der Waals surface area contributed by atoms with Crippen LogP contribution in [-0.2, 0) is 4.57 Å². The van der Waals surface area contributed by atoms with Gasteiger partial charge >= 0.3 is 13.5 Å². The topological polar surface area (TPSA) is 168 Å². The first-order valence-electron chi connectivity index (χ1n) is 4.27. The van der Waals surface area contributed by atoms with E-state index in [0.717, 1.165) is 0 Å². The van der Waals surface area contributed by atoms with Gasteiger partial charge in [-0.1, -0.05) is 6.07 Å². The number of nitro groups is 1. The van der Waals surface area contributed by atoms with Crippen LogP contribution in [0.3, 0.4) is 0 Å². The molecule has 1 rings (SSSR count). The summed E-state index contributed by atoms with van der Waals surface area (Å²) in [5.74, 6) is 5.28. The zero-order valence-electron chi connectivity index (χ0n) is 9.18. The molecule has 0 atom stereocenters. The molecule has 0 saturated heterocycles. The summed E-state index contributed by atoms with van der Waals surface area (Å²) < 4.78 is 13.7. The maximum atomic E-state index is 10.6. The van der Waals surface area contributed by atoms with Crippen LogP contribution in [0.15, 0.2) is 18.2 Å². The molecule has 6 N–H and O–H groups in total. The molecule has 102 valence electrons. The summed E-state index contributed by atoms with van der Waals surface area (Å²) in [6, 6.07) is 4.61. The summed E-state index contributed by atoms with van der Waals surface area (Å²) in [5.41, 5.74) is 2.30. The van der Waals surface area contributed by atoms with Crippen LogP contribution in [0.25, 0.3) is 0 Å². The average Bonchev–Trinajstić information content (AvgIpc) is 2.25. The molecule has 1 aromatic rings. The summed E-state index contributed by atoms with van der Waals surface area (Å²) in [7, 11) is -3.28. The minimum Gasteiger partial charge on any atom is -0.490 e. The molecular formula is C7H12N3O7P. The van der Waals surface area contributed by atoms with Crippen LogP contribution in [0, 0.1) is 10.1 Å². The van der Waals surface area contributed by atoms with E-state index < -0.39 is 12.7 Å². The average molecular weight is 281 g/mol. The molecule has 0 saturated carbocycles. The van der Waals surface area contributed by atoms with E-state index >= 15 is 0 Å². The Kier molecular flexibility index (Phi) is 6.23. The van der Waals surface area contributed by atoms with E-state index in [0.29, 0.717) is 0 Å². The molecule has 0 amide bonds. The van der Waals surface area contributed by atoms with E-state index in [1.165, 1.54) is 19.2 Å². The van der Waals surface area contributed by atoms with E-state index in [2.05, 4.69) is 5.43 Å². The molecule has 18 heavy (non-hydrogen) atoms. The fourth-order valence-corrected chi connectivity index (χ4v) is 0.992. The number of para-hydroxylation sites is 1. The van der Waals surface area contributed by atoms with Crippen LogP contribution in [0.1, 0.15) is 0 Å². The highest BCUT2D eigenvalue weighted by molar-refractivity contribution is 7.45. The van der Waals surface area contributed by atoms with Crippen molar-refractivity contribution >= 4 is 19.2 Å². The number of methoxy groups -OCH3 is 1. The summed E-state index contributed by atoms with van der Waals surface area (Å²) in [6.45, 7) is 0. The largest absolute Gasteiger partial charge is 0.490 e.